The van der Waals surface area contributed by atoms with Gasteiger partial charge in [0.05, 0.1) is 5.75 Å². The molecule has 3 nitrogen and oxygen atoms in total. The smallest absolute Gasteiger partial charge is 0.233 e. The highest BCUT2D eigenvalue weighted by molar-refractivity contribution is 8.00. The first-order valence-corrected chi connectivity index (χ1v) is 8.06. The molecule has 0 spiro atoms. The average molecular weight is 338 g/mol. The highest BCUT2D eigenvalue weighted by atomic mass is 32.2. The number of amides is 1. The Morgan fingerprint density at radius 2 is 2.04 bits per heavy atom. The fraction of sp³-hybridized carbons (Fsp3) is 0.250. The molecule has 1 aromatic heterocycles. The van der Waals surface area contributed by atoms with Gasteiger partial charge in [0.25, 0.3) is 0 Å². The van der Waals surface area contributed by atoms with Gasteiger partial charge in [-0.1, -0.05) is 12.1 Å². The first-order chi connectivity index (χ1) is 11.1. The van der Waals surface area contributed by atoms with E-state index in [0.717, 1.165) is 11.6 Å². The second kappa shape index (κ2) is 6.62. The Kier molecular flexibility index (Phi) is 4.56. The SMILES string of the molecule is O=C1CSC(c2ccc(F)c(F)c2F)N1CCc1cccnc1. The molecule has 1 amide bonds. The standard InChI is InChI=1S/C16H13F3N2OS/c17-12-4-3-11(14(18)15(12)19)16-21(13(22)9-23-16)7-5-10-2-1-6-20-8-10/h1-4,6,8,16H,5,7,9H2. The van der Waals surface area contributed by atoms with Gasteiger partial charge in [-0.3, -0.25) is 9.78 Å². The Morgan fingerprint density at radius 1 is 1.22 bits per heavy atom. The Bertz CT molecular complexity index is 727. The largest absolute Gasteiger partial charge is 0.325 e. The van der Waals surface area contributed by atoms with Crippen molar-refractivity contribution in [3.05, 3.63) is 65.2 Å². The molecule has 1 fully saturated rings. The van der Waals surface area contributed by atoms with Gasteiger partial charge in [0.1, 0.15) is 5.37 Å². The van der Waals surface area contributed by atoms with Crippen LogP contribution in [-0.4, -0.2) is 28.1 Å². The zero-order valence-corrected chi connectivity index (χ0v) is 12.8. The van der Waals surface area contributed by atoms with Crippen molar-refractivity contribution < 1.29 is 18.0 Å². The lowest BCUT2D eigenvalue weighted by Crippen LogP contribution is -2.30. The minimum atomic E-state index is -1.50. The quantitative estimate of drug-likeness (QED) is 0.802. The molecule has 0 radical (unpaired) electrons. The van der Waals surface area contributed by atoms with Gasteiger partial charge < -0.3 is 4.90 Å². The monoisotopic (exact) mass is 338 g/mol. The molecular formula is C16H13F3N2OS. The van der Waals surface area contributed by atoms with Crippen molar-refractivity contribution in [3.63, 3.8) is 0 Å². The molecule has 0 N–H and O–H groups in total. The molecule has 1 unspecified atom stereocenters. The predicted molar refractivity (Wildman–Crippen MR) is 81.2 cm³/mol. The molecule has 1 aliphatic rings. The fourth-order valence-electron chi connectivity index (χ4n) is 2.48. The molecule has 1 aromatic carbocycles. The number of carbonyl (C=O) groups is 1. The van der Waals surface area contributed by atoms with E-state index < -0.39 is 22.8 Å². The van der Waals surface area contributed by atoms with Crippen LogP contribution in [0.2, 0.25) is 0 Å². The second-order valence-corrected chi connectivity index (χ2v) is 6.19. The molecule has 2 aromatic rings. The summed E-state index contributed by atoms with van der Waals surface area (Å²) in [6, 6.07) is 5.76. The number of hydrogen-bond acceptors (Lipinski definition) is 3. The van der Waals surface area contributed by atoms with Crippen molar-refractivity contribution in [3.8, 4) is 0 Å². The van der Waals surface area contributed by atoms with Gasteiger partial charge in [-0.05, 0) is 24.1 Å². The Labute approximate surface area is 135 Å². The number of nitrogens with zero attached hydrogens (tertiary/aromatic N) is 2. The van der Waals surface area contributed by atoms with E-state index in [-0.39, 0.29) is 17.2 Å². The number of pyridine rings is 1. The van der Waals surface area contributed by atoms with Crippen molar-refractivity contribution in [2.45, 2.75) is 11.8 Å². The third-order valence-electron chi connectivity index (χ3n) is 3.66. The van der Waals surface area contributed by atoms with Crippen molar-refractivity contribution in [2.24, 2.45) is 0 Å². The van der Waals surface area contributed by atoms with Crippen LogP contribution in [0.5, 0.6) is 0 Å². The van der Waals surface area contributed by atoms with Crippen LogP contribution in [0.15, 0.2) is 36.7 Å². The van der Waals surface area contributed by atoms with Gasteiger partial charge in [0.15, 0.2) is 17.5 Å². The van der Waals surface area contributed by atoms with Crippen LogP contribution in [0.4, 0.5) is 13.2 Å². The highest BCUT2D eigenvalue weighted by Crippen LogP contribution is 2.40. The third-order valence-corrected chi connectivity index (χ3v) is 4.90. The van der Waals surface area contributed by atoms with E-state index in [2.05, 4.69) is 4.98 Å². The van der Waals surface area contributed by atoms with Gasteiger partial charge in [0, 0.05) is 24.5 Å². The number of halogens is 3. The van der Waals surface area contributed by atoms with E-state index in [1.807, 2.05) is 6.07 Å². The van der Waals surface area contributed by atoms with Gasteiger partial charge in [-0.25, -0.2) is 13.2 Å². The predicted octanol–water partition coefficient (Wildman–Crippen LogP) is 3.32. The molecule has 23 heavy (non-hydrogen) atoms. The number of aromatic nitrogens is 1. The first-order valence-electron chi connectivity index (χ1n) is 7.01. The summed E-state index contributed by atoms with van der Waals surface area (Å²) in [4.78, 5) is 17.5. The second-order valence-electron chi connectivity index (χ2n) is 5.13. The molecule has 0 saturated carbocycles. The summed E-state index contributed by atoms with van der Waals surface area (Å²) in [6.07, 6.45) is 3.91. The van der Waals surface area contributed by atoms with Crippen molar-refractivity contribution in [2.75, 3.05) is 12.3 Å². The lowest BCUT2D eigenvalue weighted by Gasteiger charge is -2.24. The Morgan fingerprint density at radius 3 is 2.78 bits per heavy atom. The van der Waals surface area contributed by atoms with Gasteiger partial charge in [0.2, 0.25) is 5.91 Å². The molecule has 1 saturated heterocycles. The van der Waals surface area contributed by atoms with Crippen LogP contribution >= 0.6 is 11.8 Å². The van der Waals surface area contributed by atoms with Crippen molar-refractivity contribution >= 4 is 17.7 Å². The first kappa shape index (κ1) is 15.9. The molecule has 120 valence electrons. The molecule has 1 aliphatic heterocycles. The third kappa shape index (κ3) is 3.19. The summed E-state index contributed by atoms with van der Waals surface area (Å²) in [7, 11) is 0. The molecule has 2 heterocycles. The number of rotatable bonds is 4. The van der Waals surface area contributed by atoms with E-state index in [1.54, 1.807) is 18.5 Å². The van der Waals surface area contributed by atoms with E-state index in [4.69, 9.17) is 0 Å². The summed E-state index contributed by atoms with van der Waals surface area (Å²) >= 11 is 1.21. The van der Waals surface area contributed by atoms with Crippen LogP contribution in [0.25, 0.3) is 0 Å². The summed E-state index contributed by atoms with van der Waals surface area (Å²) in [5.41, 5.74) is 0.938. The minimum absolute atomic E-state index is 0.00839. The van der Waals surface area contributed by atoms with Crippen LogP contribution in [0, 0.1) is 17.5 Å². The summed E-state index contributed by atoms with van der Waals surface area (Å²) in [5.74, 6) is -3.93. The lowest BCUT2D eigenvalue weighted by molar-refractivity contribution is -0.128. The van der Waals surface area contributed by atoms with Gasteiger partial charge >= 0.3 is 0 Å². The maximum atomic E-state index is 14.0. The fourth-order valence-corrected chi connectivity index (χ4v) is 3.71. The van der Waals surface area contributed by atoms with E-state index >= 15 is 0 Å². The van der Waals surface area contributed by atoms with Crippen LogP contribution < -0.4 is 0 Å². The molecular weight excluding hydrogens is 325 g/mol. The Balaban J connectivity index is 1.81. The normalized spacial score (nSPS) is 17.8. The topological polar surface area (TPSA) is 33.2 Å². The molecule has 1 atom stereocenters. The maximum absolute atomic E-state index is 14.0. The average Bonchev–Trinajstić information content (AvgIpc) is 2.92. The number of carbonyl (C=O) groups excluding carboxylic acids is 1. The highest BCUT2D eigenvalue weighted by Gasteiger charge is 2.35. The van der Waals surface area contributed by atoms with Gasteiger partial charge in [-0.15, -0.1) is 11.8 Å². The number of benzene rings is 1. The summed E-state index contributed by atoms with van der Waals surface area (Å²) in [5, 5.41) is -0.644. The van der Waals surface area contributed by atoms with E-state index in [1.165, 1.54) is 22.7 Å². The van der Waals surface area contributed by atoms with Crippen molar-refractivity contribution in [1.82, 2.24) is 9.88 Å². The van der Waals surface area contributed by atoms with E-state index in [0.29, 0.717) is 13.0 Å². The summed E-state index contributed by atoms with van der Waals surface area (Å²) < 4.78 is 40.5. The van der Waals surface area contributed by atoms with Crippen LogP contribution in [0.1, 0.15) is 16.5 Å². The molecule has 0 aliphatic carbocycles. The lowest BCUT2D eigenvalue weighted by atomic mass is 10.1. The molecule has 7 heteroatoms. The number of thioether (sulfide) groups is 1. The maximum Gasteiger partial charge on any atom is 0.233 e. The minimum Gasteiger partial charge on any atom is -0.325 e. The van der Waals surface area contributed by atoms with Crippen LogP contribution in [0.3, 0.4) is 0 Å². The van der Waals surface area contributed by atoms with Gasteiger partial charge in [-0.2, -0.15) is 0 Å². The number of hydrogen-bond donors (Lipinski definition) is 0. The molecule has 3 rings (SSSR count). The van der Waals surface area contributed by atoms with Crippen molar-refractivity contribution in [1.29, 1.82) is 0 Å². The summed E-state index contributed by atoms with van der Waals surface area (Å²) in [6.45, 7) is 0.362. The Hall–Kier alpha value is -2.02. The van der Waals surface area contributed by atoms with E-state index in [9.17, 15) is 18.0 Å². The zero-order valence-electron chi connectivity index (χ0n) is 12.0. The molecule has 0 bridgehead atoms. The zero-order chi connectivity index (χ0) is 16.4. The van der Waals surface area contributed by atoms with Crippen LogP contribution in [-0.2, 0) is 11.2 Å².